The zero-order valence-electron chi connectivity index (χ0n) is 16.5. The first-order chi connectivity index (χ1) is 14.3. The molecule has 5 rings (SSSR count). The van der Waals surface area contributed by atoms with Crippen molar-refractivity contribution in [3.63, 3.8) is 0 Å². The van der Waals surface area contributed by atoms with Crippen LogP contribution in [0.5, 0.6) is 5.75 Å². The van der Waals surface area contributed by atoms with Gasteiger partial charge in [-0.05, 0) is 30.2 Å². The van der Waals surface area contributed by atoms with E-state index >= 15 is 0 Å². The summed E-state index contributed by atoms with van der Waals surface area (Å²) in [5, 5.41) is 8.57. The molecule has 3 aromatic rings. The number of ether oxygens (including phenoxy) is 1. The SMILES string of the molecule is COc1ccccc1N1CCN(c2nncc(N3CCc4ccccc43)n2)CC1. The van der Waals surface area contributed by atoms with Crippen molar-refractivity contribution in [1.82, 2.24) is 15.2 Å². The Morgan fingerprint density at radius 2 is 1.55 bits per heavy atom. The molecule has 0 radical (unpaired) electrons. The fourth-order valence-corrected chi connectivity index (χ4v) is 4.16. The Bertz CT molecular complexity index is 1000. The lowest BCUT2D eigenvalue weighted by Crippen LogP contribution is -2.47. The van der Waals surface area contributed by atoms with E-state index in [4.69, 9.17) is 9.72 Å². The third kappa shape index (κ3) is 3.33. The Kier molecular flexibility index (Phi) is 4.63. The van der Waals surface area contributed by atoms with Gasteiger partial charge in [0.15, 0.2) is 5.82 Å². The van der Waals surface area contributed by atoms with E-state index in [1.54, 1.807) is 13.3 Å². The maximum Gasteiger partial charge on any atom is 0.247 e. The average molecular weight is 388 g/mol. The topological polar surface area (TPSA) is 57.6 Å². The molecule has 0 aliphatic carbocycles. The second kappa shape index (κ2) is 7.58. The average Bonchev–Trinajstić information content (AvgIpc) is 3.23. The summed E-state index contributed by atoms with van der Waals surface area (Å²) in [7, 11) is 1.72. The smallest absolute Gasteiger partial charge is 0.247 e. The highest BCUT2D eigenvalue weighted by molar-refractivity contribution is 5.67. The summed E-state index contributed by atoms with van der Waals surface area (Å²) in [6.45, 7) is 4.40. The zero-order valence-corrected chi connectivity index (χ0v) is 16.5. The van der Waals surface area contributed by atoms with Crippen LogP contribution in [0, 0.1) is 0 Å². The Hall–Kier alpha value is -3.35. The lowest BCUT2D eigenvalue weighted by atomic mass is 10.2. The Morgan fingerprint density at radius 1 is 0.828 bits per heavy atom. The van der Waals surface area contributed by atoms with Crippen LogP contribution in [-0.2, 0) is 6.42 Å². The van der Waals surface area contributed by atoms with Crippen LogP contribution in [0.2, 0.25) is 0 Å². The molecule has 2 aliphatic rings. The fraction of sp³-hybridized carbons (Fsp3) is 0.318. The molecule has 7 heteroatoms. The molecule has 0 spiro atoms. The number of nitrogens with zero attached hydrogens (tertiary/aromatic N) is 6. The molecule has 1 aromatic heterocycles. The summed E-state index contributed by atoms with van der Waals surface area (Å²) >= 11 is 0. The summed E-state index contributed by atoms with van der Waals surface area (Å²) < 4.78 is 5.52. The van der Waals surface area contributed by atoms with Crippen LogP contribution in [0.3, 0.4) is 0 Å². The van der Waals surface area contributed by atoms with Crippen molar-refractivity contribution in [2.75, 3.05) is 54.5 Å². The van der Waals surface area contributed by atoms with E-state index in [0.717, 1.165) is 56.4 Å². The number of para-hydroxylation sites is 3. The van der Waals surface area contributed by atoms with Crippen molar-refractivity contribution >= 4 is 23.1 Å². The van der Waals surface area contributed by atoms with Crippen molar-refractivity contribution in [2.45, 2.75) is 6.42 Å². The third-order valence-corrected chi connectivity index (χ3v) is 5.69. The van der Waals surface area contributed by atoms with Gasteiger partial charge in [-0.2, -0.15) is 10.1 Å². The standard InChI is InChI=1S/C22H24N6O/c1-29-20-9-5-4-8-19(20)26-12-14-27(15-13-26)22-24-21(16-23-25-22)28-11-10-17-6-2-3-7-18(17)28/h2-9,16H,10-15H2,1H3. The molecular weight excluding hydrogens is 364 g/mol. The summed E-state index contributed by atoms with van der Waals surface area (Å²) in [5.74, 6) is 2.48. The first-order valence-electron chi connectivity index (χ1n) is 10.0. The van der Waals surface area contributed by atoms with E-state index in [1.165, 1.54) is 11.3 Å². The maximum atomic E-state index is 5.52. The Morgan fingerprint density at radius 3 is 2.38 bits per heavy atom. The molecule has 2 aromatic carbocycles. The van der Waals surface area contributed by atoms with Gasteiger partial charge in [-0.1, -0.05) is 30.3 Å². The van der Waals surface area contributed by atoms with Crippen molar-refractivity contribution in [1.29, 1.82) is 0 Å². The van der Waals surface area contributed by atoms with E-state index < -0.39 is 0 Å². The molecule has 7 nitrogen and oxygen atoms in total. The molecule has 2 aliphatic heterocycles. The second-order valence-corrected chi connectivity index (χ2v) is 7.29. The van der Waals surface area contributed by atoms with Gasteiger partial charge < -0.3 is 19.4 Å². The third-order valence-electron chi connectivity index (χ3n) is 5.69. The zero-order chi connectivity index (χ0) is 19.6. The molecule has 0 saturated carbocycles. The second-order valence-electron chi connectivity index (χ2n) is 7.29. The van der Waals surface area contributed by atoms with Gasteiger partial charge in [0.2, 0.25) is 5.95 Å². The summed E-state index contributed by atoms with van der Waals surface area (Å²) in [6.07, 6.45) is 2.80. The number of aromatic nitrogens is 3. The minimum Gasteiger partial charge on any atom is -0.495 e. The number of methoxy groups -OCH3 is 1. The highest BCUT2D eigenvalue weighted by Crippen LogP contribution is 2.33. The highest BCUT2D eigenvalue weighted by atomic mass is 16.5. The van der Waals surface area contributed by atoms with Gasteiger partial charge in [0.1, 0.15) is 5.75 Å². The minimum absolute atomic E-state index is 0.701. The quantitative estimate of drug-likeness (QED) is 0.681. The number of hydrogen-bond donors (Lipinski definition) is 0. The van der Waals surface area contributed by atoms with E-state index in [-0.39, 0.29) is 0 Å². The largest absolute Gasteiger partial charge is 0.495 e. The predicted octanol–water partition coefficient (Wildman–Crippen LogP) is 2.90. The summed E-state index contributed by atoms with van der Waals surface area (Å²) in [6, 6.07) is 16.7. The molecule has 1 saturated heterocycles. The number of fused-ring (bicyclic) bond motifs is 1. The van der Waals surface area contributed by atoms with Crippen molar-refractivity contribution in [2.24, 2.45) is 0 Å². The number of rotatable bonds is 4. The Labute approximate surface area is 170 Å². The molecule has 1 fully saturated rings. The van der Waals surface area contributed by atoms with Crippen LogP contribution in [0.4, 0.5) is 23.1 Å². The molecule has 29 heavy (non-hydrogen) atoms. The van der Waals surface area contributed by atoms with Gasteiger partial charge in [-0.3, -0.25) is 0 Å². The molecular formula is C22H24N6O. The van der Waals surface area contributed by atoms with Gasteiger partial charge >= 0.3 is 0 Å². The first kappa shape index (κ1) is 17.7. The molecule has 0 atom stereocenters. The van der Waals surface area contributed by atoms with Crippen LogP contribution in [0.1, 0.15) is 5.56 Å². The van der Waals surface area contributed by atoms with Gasteiger partial charge in [0.25, 0.3) is 0 Å². The van der Waals surface area contributed by atoms with Crippen LogP contribution < -0.4 is 19.4 Å². The molecule has 148 valence electrons. The van der Waals surface area contributed by atoms with E-state index in [2.05, 4.69) is 61.3 Å². The summed E-state index contributed by atoms with van der Waals surface area (Å²) in [5.41, 5.74) is 3.72. The van der Waals surface area contributed by atoms with E-state index in [1.807, 2.05) is 12.1 Å². The monoisotopic (exact) mass is 388 g/mol. The van der Waals surface area contributed by atoms with Crippen molar-refractivity contribution in [3.05, 3.63) is 60.3 Å². The molecule has 0 bridgehead atoms. The molecule has 0 unspecified atom stereocenters. The van der Waals surface area contributed by atoms with Crippen LogP contribution >= 0.6 is 0 Å². The number of anilines is 4. The molecule has 0 N–H and O–H groups in total. The maximum absolute atomic E-state index is 5.52. The lowest BCUT2D eigenvalue weighted by molar-refractivity contribution is 0.413. The van der Waals surface area contributed by atoms with Crippen LogP contribution in [0.15, 0.2) is 54.7 Å². The summed E-state index contributed by atoms with van der Waals surface area (Å²) in [4.78, 5) is 11.6. The van der Waals surface area contributed by atoms with Crippen molar-refractivity contribution in [3.8, 4) is 5.75 Å². The molecule has 3 heterocycles. The van der Waals surface area contributed by atoms with Crippen LogP contribution in [-0.4, -0.2) is 55.0 Å². The number of piperazine rings is 1. The number of hydrogen-bond acceptors (Lipinski definition) is 7. The van der Waals surface area contributed by atoms with E-state index in [0.29, 0.717) is 5.95 Å². The van der Waals surface area contributed by atoms with Gasteiger partial charge in [-0.25, -0.2) is 0 Å². The minimum atomic E-state index is 0.701. The highest BCUT2D eigenvalue weighted by Gasteiger charge is 2.24. The van der Waals surface area contributed by atoms with Crippen LogP contribution in [0.25, 0.3) is 0 Å². The lowest BCUT2D eigenvalue weighted by Gasteiger charge is -2.36. The van der Waals surface area contributed by atoms with Gasteiger partial charge in [0.05, 0.1) is 19.0 Å². The van der Waals surface area contributed by atoms with Gasteiger partial charge in [0, 0.05) is 38.4 Å². The first-order valence-corrected chi connectivity index (χ1v) is 10.0. The van der Waals surface area contributed by atoms with E-state index in [9.17, 15) is 0 Å². The normalized spacial score (nSPS) is 16.1. The van der Waals surface area contributed by atoms with Gasteiger partial charge in [-0.15, -0.1) is 5.10 Å². The Balaban J connectivity index is 1.32. The fourth-order valence-electron chi connectivity index (χ4n) is 4.16. The number of benzene rings is 2. The predicted molar refractivity (Wildman–Crippen MR) is 114 cm³/mol. The van der Waals surface area contributed by atoms with Crippen molar-refractivity contribution < 1.29 is 4.74 Å². The molecule has 0 amide bonds.